The third kappa shape index (κ3) is 4.76. The van der Waals surface area contributed by atoms with Crippen molar-refractivity contribution in [3.63, 3.8) is 0 Å². The number of methoxy groups -OCH3 is 1. The predicted molar refractivity (Wildman–Crippen MR) is 105 cm³/mol. The second-order valence-electron chi connectivity index (χ2n) is 5.86. The third-order valence-corrected chi connectivity index (χ3v) is 5.76. The lowest BCUT2D eigenvalue weighted by Gasteiger charge is -2.25. The molecule has 1 N–H and O–H groups in total. The summed E-state index contributed by atoms with van der Waals surface area (Å²) < 4.78 is 33.5. The van der Waals surface area contributed by atoms with Crippen LogP contribution in [-0.4, -0.2) is 34.0 Å². The molecule has 1 amide bonds. The third-order valence-electron chi connectivity index (χ3n) is 3.47. The molecule has 8 heteroatoms. The lowest BCUT2D eigenvalue weighted by Crippen LogP contribution is -2.43. The van der Waals surface area contributed by atoms with E-state index in [4.69, 9.17) is 4.74 Å². The summed E-state index contributed by atoms with van der Waals surface area (Å²) in [4.78, 5) is 12.3. The van der Waals surface area contributed by atoms with Crippen LogP contribution in [0.4, 0.5) is 5.69 Å². The van der Waals surface area contributed by atoms with Gasteiger partial charge >= 0.3 is 0 Å². The number of para-hydroxylation sites is 1. The van der Waals surface area contributed by atoms with Gasteiger partial charge in [-0.15, -0.1) is 0 Å². The Morgan fingerprint density at radius 2 is 1.85 bits per heavy atom. The molecule has 140 valence electrons. The van der Waals surface area contributed by atoms with E-state index in [1.54, 1.807) is 42.5 Å². The van der Waals surface area contributed by atoms with Crippen molar-refractivity contribution < 1.29 is 17.9 Å². The average Bonchev–Trinajstić information content (AvgIpc) is 2.59. The Morgan fingerprint density at radius 3 is 2.42 bits per heavy atom. The van der Waals surface area contributed by atoms with Gasteiger partial charge in [-0.25, -0.2) is 8.42 Å². The quantitative estimate of drug-likeness (QED) is 0.716. The molecule has 0 aliphatic carbocycles. The van der Waals surface area contributed by atoms with E-state index in [9.17, 15) is 13.2 Å². The number of carbonyl (C=O) groups excluding carboxylic acids is 1. The number of hydrogen-bond donors (Lipinski definition) is 1. The van der Waals surface area contributed by atoms with Crippen molar-refractivity contribution in [1.29, 1.82) is 0 Å². The topological polar surface area (TPSA) is 75.7 Å². The second-order valence-corrected chi connectivity index (χ2v) is 8.61. The van der Waals surface area contributed by atoms with Crippen molar-refractivity contribution in [3.05, 3.63) is 53.0 Å². The van der Waals surface area contributed by atoms with Gasteiger partial charge in [0, 0.05) is 10.5 Å². The first-order valence-electron chi connectivity index (χ1n) is 7.96. The molecule has 0 aliphatic rings. The molecule has 0 aliphatic heterocycles. The van der Waals surface area contributed by atoms with E-state index >= 15 is 0 Å². The van der Waals surface area contributed by atoms with E-state index in [1.165, 1.54) is 13.2 Å². The van der Waals surface area contributed by atoms with Crippen LogP contribution in [0.15, 0.2) is 57.9 Å². The van der Waals surface area contributed by atoms with Gasteiger partial charge in [0.25, 0.3) is 10.0 Å². The van der Waals surface area contributed by atoms with Crippen LogP contribution in [0.5, 0.6) is 5.75 Å². The zero-order valence-electron chi connectivity index (χ0n) is 14.8. The Hall–Kier alpha value is -2.06. The molecule has 0 spiro atoms. The largest absolute Gasteiger partial charge is 0.495 e. The van der Waals surface area contributed by atoms with E-state index in [-0.39, 0.29) is 29.1 Å². The van der Waals surface area contributed by atoms with Crippen molar-refractivity contribution in [2.75, 3.05) is 18.0 Å². The molecular weight excluding hydrogens is 420 g/mol. The summed E-state index contributed by atoms with van der Waals surface area (Å²) in [5.74, 6) is -0.181. The van der Waals surface area contributed by atoms with Crippen LogP contribution in [-0.2, 0) is 14.8 Å². The highest BCUT2D eigenvalue weighted by molar-refractivity contribution is 9.10. The molecule has 0 saturated heterocycles. The number of halogens is 1. The maximum atomic E-state index is 13.3. The van der Waals surface area contributed by atoms with E-state index in [2.05, 4.69) is 21.2 Å². The van der Waals surface area contributed by atoms with Gasteiger partial charge in [0.05, 0.1) is 12.8 Å². The first kappa shape index (κ1) is 20.3. The smallest absolute Gasteiger partial charge is 0.268 e. The van der Waals surface area contributed by atoms with E-state index in [1.807, 2.05) is 13.8 Å². The minimum Gasteiger partial charge on any atom is -0.495 e. The summed E-state index contributed by atoms with van der Waals surface area (Å²) in [6, 6.07) is 13.1. The average molecular weight is 441 g/mol. The molecule has 2 rings (SSSR count). The SMILES string of the molecule is COc1ccc(Br)cc1S(=O)(=O)N(CC(=O)NC(C)C)c1ccccc1. The lowest BCUT2D eigenvalue weighted by molar-refractivity contribution is -0.120. The van der Waals surface area contributed by atoms with Crippen molar-refractivity contribution in [1.82, 2.24) is 5.32 Å². The predicted octanol–water partition coefficient (Wildman–Crippen LogP) is 3.18. The van der Waals surface area contributed by atoms with E-state index in [0.29, 0.717) is 10.2 Å². The normalized spacial score (nSPS) is 11.3. The fourth-order valence-electron chi connectivity index (χ4n) is 2.38. The van der Waals surface area contributed by atoms with Crippen LogP contribution in [0.1, 0.15) is 13.8 Å². The van der Waals surface area contributed by atoms with Gasteiger partial charge in [0.1, 0.15) is 17.2 Å². The number of amides is 1. The maximum absolute atomic E-state index is 13.3. The molecule has 0 heterocycles. The lowest BCUT2D eigenvalue weighted by atomic mass is 10.3. The van der Waals surface area contributed by atoms with Crippen molar-refractivity contribution in [2.24, 2.45) is 0 Å². The van der Waals surface area contributed by atoms with Gasteiger partial charge in [-0.2, -0.15) is 0 Å². The van der Waals surface area contributed by atoms with Crippen LogP contribution in [0, 0.1) is 0 Å². The summed E-state index contributed by atoms with van der Waals surface area (Å²) in [5.41, 5.74) is 0.397. The Kier molecular flexibility index (Phi) is 6.66. The van der Waals surface area contributed by atoms with Crippen LogP contribution in [0.3, 0.4) is 0 Å². The Balaban J connectivity index is 2.54. The highest BCUT2D eigenvalue weighted by atomic mass is 79.9. The monoisotopic (exact) mass is 440 g/mol. The molecule has 0 saturated carbocycles. The molecule has 0 fully saturated rings. The zero-order chi connectivity index (χ0) is 19.3. The Labute approximate surface area is 162 Å². The molecule has 0 radical (unpaired) electrons. The molecule has 2 aromatic rings. The van der Waals surface area contributed by atoms with Gasteiger partial charge in [0.15, 0.2) is 0 Å². The zero-order valence-corrected chi connectivity index (χ0v) is 17.2. The summed E-state index contributed by atoms with van der Waals surface area (Å²) in [6.07, 6.45) is 0. The first-order valence-corrected chi connectivity index (χ1v) is 10.2. The second kappa shape index (κ2) is 8.55. The summed E-state index contributed by atoms with van der Waals surface area (Å²) in [5, 5.41) is 2.72. The van der Waals surface area contributed by atoms with Crippen molar-refractivity contribution in [3.8, 4) is 5.75 Å². The fourth-order valence-corrected chi connectivity index (χ4v) is 4.50. The number of ether oxygens (including phenoxy) is 1. The molecule has 0 atom stereocenters. The van der Waals surface area contributed by atoms with Crippen molar-refractivity contribution in [2.45, 2.75) is 24.8 Å². The van der Waals surface area contributed by atoms with Crippen LogP contribution >= 0.6 is 15.9 Å². The number of nitrogens with one attached hydrogen (secondary N) is 1. The first-order chi connectivity index (χ1) is 12.3. The molecule has 2 aromatic carbocycles. The molecule has 0 aromatic heterocycles. The molecule has 6 nitrogen and oxygen atoms in total. The summed E-state index contributed by atoms with van der Waals surface area (Å²) in [7, 11) is -2.63. The van der Waals surface area contributed by atoms with Gasteiger partial charge in [0.2, 0.25) is 5.91 Å². The number of hydrogen-bond acceptors (Lipinski definition) is 4. The fraction of sp³-hybridized carbons (Fsp3) is 0.278. The number of carbonyl (C=O) groups is 1. The Bertz CT molecular complexity index is 870. The van der Waals surface area contributed by atoms with Gasteiger partial charge in [-0.1, -0.05) is 34.1 Å². The van der Waals surface area contributed by atoms with Crippen LogP contribution in [0.2, 0.25) is 0 Å². The van der Waals surface area contributed by atoms with Gasteiger partial charge < -0.3 is 10.1 Å². The minimum atomic E-state index is -4.03. The number of anilines is 1. The number of benzene rings is 2. The van der Waals surface area contributed by atoms with Crippen LogP contribution in [0.25, 0.3) is 0 Å². The molecule has 26 heavy (non-hydrogen) atoms. The van der Waals surface area contributed by atoms with Crippen molar-refractivity contribution >= 4 is 37.5 Å². The highest BCUT2D eigenvalue weighted by Crippen LogP contribution is 2.32. The number of nitrogens with zero attached hydrogens (tertiary/aromatic N) is 1. The van der Waals surface area contributed by atoms with Gasteiger partial charge in [-0.05, 0) is 44.2 Å². The minimum absolute atomic E-state index is 0.0180. The number of rotatable bonds is 7. The van der Waals surface area contributed by atoms with E-state index < -0.39 is 10.0 Å². The van der Waals surface area contributed by atoms with Crippen LogP contribution < -0.4 is 14.4 Å². The number of sulfonamides is 1. The Morgan fingerprint density at radius 1 is 1.19 bits per heavy atom. The summed E-state index contributed by atoms with van der Waals surface area (Å²) in [6.45, 7) is 3.30. The highest BCUT2D eigenvalue weighted by Gasteiger charge is 2.30. The standard InChI is InChI=1S/C18H21BrN2O4S/c1-13(2)20-18(22)12-21(15-7-5-4-6-8-15)26(23,24)17-11-14(19)9-10-16(17)25-3/h4-11,13H,12H2,1-3H3,(H,20,22). The summed E-state index contributed by atoms with van der Waals surface area (Å²) >= 11 is 3.29. The van der Waals surface area contributed by atoms with E-state index in [0.717, 1.165) is 4.31 Å². The molecule has 0 unspecified atom stereocenters. The molecule has 0 bridgehead atoms. The van der Waals surface area contributed by atoms with Gasteiger partial charge in [-0.3, -0.25) is 9.10 Å². The molecular formula is C18H21BrN2O4S. The maximum Gasteiger partial charge on any atom is 0.268 e.